The lowest BCUT2D eigenvalue weighted by Gasteiger charge is -2.38. The molecule has 0 N–H and O–H groups in total. The Hall–Kier alpha value is -2.37. The highest BCUT2D eigenvalue weighted by Crippen LogP contribution is 2.47. The van der Waals surface area contributed by atoms with E-state index in [4.69, 9.17) is 4.52 Å². The SMILES string of the molecule is CC(C)c1ccc(O[P@@](C)(=O)N2CCN(c3ccc([N+](=O)[O-])cc3)CC2)cc1. The minimum Gasteiger partial charge on any atom is -0.433 e. The van der Waals surface area contributed by atoms with Crippen molar-refractivity contribution in [1.29, 1.82) is 0 Å². The van der Waals surface area contributed by atoms with Crippen molar-refractivity contribution in [2.75, 3.05) is 37.7 Å². The van der Waals surface area contributed by atoms with E-state index in [0.717, 1.165) is 5.69 Å². The molecule has 7 nitrogen and oxygen atoms in total. The molecular weight excluding hydrogens is 377 g/mol. The van der Waals surface area contributed by atoms with Crippen LogP contribution in [0.3, 0.4) is 0 Å². The van der Waals surface area contributed by atoms with E-state index in [2.05, 4.69) is 18.7 Å². The largest absolute Gasteiger partial charge is 0.433 e. The van der Waals surface area contributed by atoms with Crippen LogP contribution in [0.25, 0.3) is 0 Å². The summed E-state index contributed by atoms with van der Waals surface area (Å²) in [7, 11) is -2.95. The zero-order chi connectivity index (χ0) is 20.3. The Bertz CT molecular complexity index is 860. The van der Waals surface area contributed by atoms with Gasteiger partial charge in [-0.05, 0) is 35.7 Å². The van der Waals surface area contributed by atoms with Gasteiger partial charge in [0.25, 0.3) is 5.69 Å². The second-order valence-electron chi connectivity index (χ2n) is 7.33. The number of rotatable bonds is 6. The highest BCUT2D eigenvalue weighted by Gasteiger charge is 2.31. The molecule has 0 unspecified atom stereocenters. The second-order valence-corrected chi connectivity index (χ2v) is 9.69. The van der Waals surface area contributed by atoms with Crippen LogP contribution in [0.5, 0.6) is 5.75 Å². The standard InChI is InChI=1S/C20H26N3O4P/c1-16(2)17-4-10-20(11-5-17)27-28(3,26)22-14-12-21(13-15-22)18-6-8-19(9-7-18)23(24)25/h4-11,16H,12-15H2,1-3H3/t28-/m1/s1. The summed E-state index contributed by atoms with van der Waals surface area (Å²) >= 11 is 0. The fourth-order valence-electron chi connectivity index (χ4n) is 3.27. The monoisotopic (exact) mass is 403 g/mol. The molecule has 0 aliphatic carbocycles. The third kappa shape index (κ3) is 4.72. The number of benzene rings is 2. The second kappa shape index (κ2) is 8.33. The predicted molar refractivity (Wildman–Crippen MR) is 112 cm³/mol. The average Bonchev–Trinajstić information content (AvgIpc) is 2.68. The van der Waals surface area contributed by atoms with Gasteiger partial charge in [-0.1, -0.05) is 26.0 Å². The summed E-state index contributed by atoms with van der Waals surface area (Å²) in [6.07, 6.45) is 0. The molecule has 0 radical (unpaired) electrons. The number of nitro groups is 1. The molecule has 28 heavy (non-hydrogen) atoms. The van der Waals surface area contributed by atoms with Crippen LogP contribution in [0.4, 0.5) is 11.4 Å². The highest BCUT2D eigenvalue weighted by molar-refractivity contribution is 7.56. The Morgan fingerprint density at radius 3 is 2.07 bits per heavy atom. The number of anilines is 1. The van der Waals surface area contributed by atoms with Crippen molar-refractivity contribution in [2.45, 2.75) is 19.8 Å². The van der Waals surface area contributed by atoms with E-state index in [-0.39, 0.29) is 5.69 Å². The van der Waals surface area contributed by atoms with Gasteiger partial charge in [0.05, 0.1) is 4.92 Å². The number of non-ortho nitro benzene ring substituents is 1. The third-order valence-electron chi connectivity index (χ3n) is 5.02. The number of nitro benzene ring substituents is 1. The van der Waals surface area contributed by atoms with E-state index in [1.165, 1.54) is 17.7 Å². The van der Waals surface area contributed by atoms with E-state index >= 15 is 0 Å². The molecule has 2 aromatic rings. The Balaban J connectivity index is 1.59. The molecule has 3 rings (SSSR count). The summed E-state index contributed by atoms with van der Waals surface area (Å²) in [5, 5.41) is 10.8. The average molecular weight is 403 g/mol. The minimum absolute atomic E-state index is 0.0809. The zero-order valence-corrected chi connectivity index (χ0v) is 17.3. The van der Waals surface area contributed by atoms with Gasteiger partial charge in [-0.3, -0.25) is 14.7 Å². The number of hydrogen-bond donors (Lipinski definition) is 0. The van der Waals surface area contributed by atoms with Gasteiger partial charge in [0, 0.05) is 50.7 Å². The molecule has 1 aliphatic rings. The van der Waals surface area contributed by atoms with Gasteiger partial charge in [0.1, 0.15) is 5.75 Å². The van der Waals surface area contributed by atoms with Crippen molar-refractivity contribution in [2.24, 2.45) is 0 Å². The molecule has 8 heteroatoms. The first-order chi connectivity index (χ1) is 13.3. The lowest BCUT2D eigenvalue weighted by Crippen LogP contribution is -2.45. The van der Waals surface area contributed by atoms with Crippen LogP contribution < -0.4 is 9.42 Å². The Morgan fingerprint density at radius 2 is 1.57 bits per heavy atom. The smallest absolute Gasteiger partial charge is 0.316 e. The van der Waals surface area contributed by atoms with Crippen molar-refractivity contribution in [3.63, 3.8) is 0 Å². The Labute approximate surface area is 165 Å². The molecule has 1 atom stereocenters. The van der Waals surface area contributed by atoms with Crippen LogP contribution in [0.1, 0.15) is 25.3 Å². The third-order valence-corrected chi connectivity index (χ3v) is 6.99. The molecule has 1 saturated heterocycles. The van der Waals surface area contributed by atoms with Crippen LogP contribution in [-0.2, 0) is 4.57 Å². The zero-order valence-electron chi connectivity index (χ0n) is 16.4. The van der Waals surface area contributed by atoms with Crippen molar-refractivity contribution in [1.82, 2.24) is 4.67 Å². The summed E-state index contributed by atoms with van der Waals surface area (Å²) < 4.78 is 20.9. The molecule has 0 spiro atoms. The summed E-state index contributed by atoms with van der Waals surface area (Å²) in [4.78, 5) is 12.5. The van der Waals surface area contributed by atoms with Crippen molar-refractivity contribution >= 4 is 18.9 Å². The van der Waals surface area contributed by atoms with E-state index in [1.807, 2.05) is 28.9 Å². The first-order valence-electron chi connectivity index (χ1n) is 9.38. The maximum atomic E-state index is 13.1. The maximum Gasteiger partial charge on any atom is 0.316 e. The molecule has 1 aliphatic heterocycles. The summed E-state index contributed by atoms with van der Waals surface area (Å²) in [5.74, 6) is 1.06. The Morgan fingerprint density at radius 1 is 1.00 bits per heavy atom. The van der Waals surface area contributed by atoms with Crippen LogP contribution in [0, 0.1) is 10.1 Å². The fourth-order valence-corrected chi connectivity index (χ4v) is 4.80. The van der Waals surface area contributed by atoms with Gasteiger partial charge in [-0.15, -0.1) is 0 Å². The molecular formula is C20H26N3O4P. The normalized spacial score (nSPS) is 17.4. The quantitative estimate of drug-likeness (QED) is 0.394. The summed E-state index contributed by atoms with van der Waals surface area (Å²) in [6, 6.07) is 14.3. The first kappa shape index (κ1) is 20.4. The van der Waals surface area contributed by atoms with Crippen molar-refractivity contribution < 1.29 is 14.0 Å². The van der Waals surface area contributed by atoms with Crippen molar-refractivity contribution in [3.05, 3.63) is 64.2 Å². The van der Waals surface area contributed by atoms with E-state index < -0.39 is 12.4 Å². The van der Waals surface area contributed by atoms with Crippen LogP contribution in [0.15, 0.2) is 48.5 Å². The number of hydrogen-bond acceptors (Lipinski definition) is 5. The van der Waals surface area contributed by atoms with Crippen LogP contribution in [0.2, 0.25) is 0 Å². The van der Waals surface area contributed by atoms with E-state index in [9.17, 15) is 14.7 Å². The van der Waals surface area contributed by atoms with Crippen LogP contribution >= 0.6 is 7.52 Å². The molecule has 2 aromatic carbocycles. The lowest BCUT2D eigenvalue weighted by atomic mass is 10.0. The molecule has 0 amide bonds. The first-order valence-corrected chi connectivity index (χ1v) is 11.4. The van der Waals surface area contributed by atoms with Gasteiger partial charge in [0.15, 0.2) is 0 Å². The van der Waals surface area contributed by atoms with Crippen molar-refractivity contribution in [3.8, 4) is 5.75 Å². The van der Waals surface area contributed by atoms with Gasteiger partial charge in [0.2, 0.25) is 0 Å². The van der Waals surface area contributed by atoms with E-state index in [0.29, 0.717) is 37.8 Å². The molecule has 1 fully saturated rings. The number of piperazine rings is 1. The maximum absolute atomic E-state index is 13.1. The highest BCUT2D eigenvalue weighted by atomic mass is 31.2. The molecule has 0 saturated carbocycles. The van der Waals surface area contributed by atoms with Gasteiger partial charge < -0.3 is 9.42 Å². The predicted octanol–water partition coefficient (Wildman–Crippen LogP) is 4.74. The van der Waals surface area contributed by atoms with Gasteiger partial charge in [-0.2, -0.15) is 0 Å². The number of nitrogens with zero attached hydrogens (tertiary/aromatic N) is 3. The molecule has 1 heterocycles. The molecule has 150 valence electrons. The molecule has 0 bridgehead atoms. The Kier molecular flexibility index (Phi) is 6.06. The summed E-state index contributed by atoms with van der Waals surface area (Å²) in [6.45, 7) is 8.50. The van der Waals surface area contributed by atoms with Crippen LogP contribution in [-0.4, -0.2) is 42.4 Å². The van der Waals surface area contributed by atoms with Gasteiger partial charge in [-0.25, -0.2) is 4.67 Å². The topological polar surface area (TPSA) is 75.9 Å². The van der Waals surface area contributed by atoms with E-state index in [1.54, 1.807) is 18.8 Å². The lowest BCUT2D eigenvalue weighted by molar-refractivity contribution is -0.384. The molecule has 0 aromatic heterocycles. The fraction of sp³-hybridized carbons (Fsp3) is 0.400. The van der Waals surface area contributed by atoms with Gasteiger partial charge >= 0.3 is 7.52 Å². The summed E-state index contributed by atoms with van der Waals surface area (Å²) in [5.41, 5.74) is 2.23. The minimum atomic E-state index is -2.95.